The van der Waals surface area contributed by atoms with Gasteiger partial charge in [0, 0.05) is 11.6 Å². The first-order chi connectivity index (χ1) is 8.40. The van der Waals surface area contributed by atoms with Crippen LogP contribution in [0.25, 0.3) is 0 Å². The van der Waals surface area contributed by atoms with Crippen molar-refractivity contribution in [2.45, 2.75) is 25.9 Å². The number of carboxylic acid groups (broad SMARTS) is 1. The van der Waals surface area contributed by atoms with E-state index in [1.165, 1.54) is 0 Å². The van der Waals surface area contributed by atoms with Gasteiger partial charge in [-0.1, -0.05) is 20.1 Å². The molecule has 1 atom stereocenters. The number of hydrogen-bond acceptors (Lipinski definition) is 5. The molecule has 18 heavy (non-hydrogen) atoms. The van der Waals surface area contributed by atoms with Crippen LogP contribution in [0.1, 0.15) is 19.8 Å². The van der Waals surface area contributed by atoms with E-state index < -0.39 is 30.4 Å². The molecule has 0 fully saturated rings. The third-order valence-electron chi connectivity index (χ3n) is 1.99. The van der Waals surface area contributed by atoms with E-state index in [1.54, 1.807) is 6.92 Å². The van der Waals surface area contributed by atoms with E-state index in [4.69, 9.17) is 14.6 Å². The van der Waals surface area contributed by atoms with Gasteiger partial charge >= 0.3 is 17.9 Å². The Hall–Kier alpha value is -2.11. The van der Waals surface area contributed by atoms with Gasteiger partial charge in [0.25, 0.3) is 0 Å². The van der Waals surface area contributed by atoms with Crippen LogP contribution in [0.15, 0.2) is 24.8 Å². The zero-order valence-electron chi connectivity index (χ0n) is 10.2. The Balaban J connectivity index is 4.15. The molecule has 6 nitrogen and oxygen atoms in total. The topological polar surface area (TPSA) is 89.9 Å². The molecule has 0 aliphatic carbocycles. The maximum Gasteiger partial charge on any atom is 0.331 e. The number of ether oxygens (including phenoxy) is 2. The zero-order chi connectivity index (χ0) is 14.1. The lowest BCUT2D eigenvalue weighted by atomic mass is 10.2. The molecule has 0 heterocycles. The first-order valence-corrected chi connectivity index (χ1v) is 5.30. The van der Waals surface area contributed by atoms with Crippen molar-refractivity contribution in [3.63, 3.8) is 0 Å². The van der Waals surface area contributed by atoms with Crippen molar-refractivity contribution >= 4 is 17.9 Å². The smallest absolute Gasteiger partial charge is 0.331 e. The third kappa shape index (κ3) is 6.47. The van der Waals surface area contributed by atoms with Crippen LogP contribution < -0.4 is 0 Å². The number of esters is 2. The molecule has 1 N–H and O–H groups in total. The average molecular weight is 256 g/mol. The molecular weight excluding hydrogens is 240 g/mol. The van der Waals surface area contributed by atoms with Gasteiger partial charge < -0.3 is 14.6 Å². The molecule has 0 aromatic carbocycles. The van der Waals surface area contributed by atoms with E-state index in [0.29, 0.717) is 6.42 Å². The van der Waals surface area contributed by atoms with E-state index >= 15 is 0 Å². The number of hydrogen-bond donors (Lipinski definition) is 1. The second-order valence-electron chi connectivity index (χ2n) is 3.44. The van der Waals surface area contributed by atoms with Crippen molar-refractivity contribution < 1.29 is 29.0 Å². The fraction of sp³-hybridized carbons (Fsp3) is 0.417. The van der Waals surface area contributed by atoms with Crippen LogP contribution in [0.3, 0.4) is 0 Å². The van der Waals surface area contributed by atoms with E-state index in [1.807, 2.05) is 0 Å². The van der Waals surface area contributed by atoms with E-state index in [-0.39, 0.29) is 12.2 Å². The van der Waals surface area contributed by atoms with Crippen LogP contribution in [0.2, 0.25) is 0 Å². The predicted octanol–water partition coefficient (Wildman–Crippen LogP) is 1.07. The standard InChI is InChI=1S/C12H16O6/c1-4-9(7-17-10(13)5-2)18-11(14)6-8(3)12(15)16/h5,9H,2-4,6-7H2,1H3,(H,15,16). The summed E-state index contributed by atoms with van der Waals surface area (Å²) in [6, 6.07) is 0. The molecule has 0 aromatic rings. The SMILES string of the molecule is C=CC(=O)OCC(CC)OC(=O)CC(=C)C(=O)O. The molecule has 0 radical (unpaired) electrons. The lowest BCUT2D eigenvalue weighted by molar-refractivity contribution is -0.157. The summed E-state index contributed by atoms with van der Waals surface area (Å²) >= 11 is 0. The van der Waals surface area contributed by atoms with Gasteiger partial charge in [0.1, 0.15) is 12.7 Å². The monoisotopic (exact) mass is 256 g/mol. The molecule has 100 valence electrons. The molecule has 0 spiro atoms. The highest BCUT2D eigenvalue weighted by molar-refractivity contribution is 5.91. The van der Waals surface area contributed by atoms with E-state index in [9.17, 15) is 14.4 Å². The number of carboxylic acids is 1. The average Bonchev–Trinajstić information content (AvgIpc) is 2.33. The number of carbonyl (C=O) groups is 3. The Morgan fingerprint density at radius 2 is 2.00 bits per heavy atom. The molecule has 0 aromatic heterocycles. The second kappa shape index (κ2) is 8.05. The van der Waals surface area contributed by atoms with Crippen molar-refractivity contribution in [1.29, 1.82) is 0 Å². The minimum atomic E-state index is -1.25. The Labute approximate surface area is 105 Å². The number of rotatable bonds is 8. The quantitative estimate of drug-likeness (QED) is 0.516. The highest BCUT2D eigenvalue weighted by Crippen LogP contribution is 2.06. The Kier molecular flexibility index (Phi) is 7.11. The Morgan fingerprint density at radius 3 is 2.44 bits per heavy atom. The summed E-state index contributed by atoms with van der Waals surface area (Å²) < 4.78 is 9.67. The Morgan fingerprint density at radius 1 is 1.39 bits per heavy atom. The maximum absolute atomic E-state index is 11.3. The molecule has 0 rings (SSSR count). The Bertz CT molecular complexity index is 358. The van der Waals surface area contributed by atoms with Crippen molar-refractivity contribution in [1.82, 2.24) is 0 Å². The zero-order valence-corrected chi connectivity index (χ0v) is 10.2. The number of aliphatic carboxylic acids is 1. The fourth-order valence-corrected chi connectivity index (χ4v) is 0.947. The fourth-order valence-electron chi connectivity index (χ4n) is 0.947. The van der Waals surface area contributed by atoms with Crippen LogP contribution in [0.5, 0.6) is 0 Å². The summed E-state index contributed by atoms with van der Waals surface area (Å²) in [7, 11) is 0. The molecule has 0 aliphatic rings. The summed E-state index contributed by atoms with van der Waals surface area (Å²) in [5, 5.41) is 8.54. The molecule has 0 bridgehead atoms. The van der Waals surface area contributed by atoms with Gasteiger partial charge in [-0.3, -0.25) is 4.79 Å². The molecule has 6 heteroatoms. The van der Waals surface area contributed by atoms with Gasteiger partial charge in [0.05, 0.1) is 6.42 Å². The summed E-state index contributed by atoms with van der Waals surface area (Å²) in [5.74, 6) is -2.58. The van der Waals surface area contributed by atoms with Gasteiger partial charge in [-0.25, -0.2) is 9.59 Å². The highest BCUT2D eigenvalue weighted by atomic mass is 16.6. The van der Waals surface area contributed by atoms with Crippen LogP contribution in [-0.2, 0) is 23.9 Å². The molecule has 0 saturated carbocycles. The lowest BCUT2D eigenvalue weighted by Crippen LogP contribution is -2.24. The molecule has 0 aliphatic heterocycles. The van der Waals surface area contributed by atoms with E-state index in [0.717, 1.165) is 6.08 Å². The minimum absolute atomic E-state index is 0.0906. The van der Waals surface area contributed by atoms with Gasteiger partial charge in [0.2, 0.25) is 0 Å². The second-order valence-corrected chi connectivity index (χ2v) is 3.44. The molecule has 0 amide bonds. The van der Waals surface area contributed by atoms with E-state index in [2.05, 4.69) is 13.2 Å². The van der Waals surface area contributed by atoms with Gasteiger partial charge in [-0.05, 0) is 6.42 Å². The van der Waals surface area contributed by atoms with Crippen LogP contribution in [0.4, 0.5) is 0 Å². The van der Waals surface area contributed by atoms with Crippen LogP contribution in [0, 0.1) is 0 Å². The van der Waals surface area contributed by atoms with Gasteiger partial charge in [-0.15, -0.1) is 0 Å². The maximum atomic E-state index is 11.3. The first kappa shape index (κ1) is 15.9. The first-order valence-electron chi connectivity index (χ1n) is 5.30. The molecule has 0 saturated heterocycles. The minimum Gasteiger partial charge on any atom is -0.478 e. The largest absolute Gasteiger partial charge is 0.478 e. The summed E-state index contributed by atoms with van der Waals surface area (Å²) in [5.41, 5.74) is -0.252. The van der Waals surface area contributed by atoms with Crippen molar-refractivity contribution in [3.05, 3.63) is 24.8 Å². The number of carbonyl (C=O) groups excluding carboxylic acids is 2. The van der Waals surface area contributed by atoms with Gasteiger partial charge in [0.15, 0.2) is 0 Å². The summed E-state index contributed by atoms with van der Waals surface area (Å²) in [6.07, 6.45) is 0.431. The van der Waals surface area contributed by atoms with Crippen molar-refractivity contribution in [2.24, 2.45) is 0 Å². The summed E-state index contributed by atoms with van der Waals surface area (Å²) in [6.45, 7) is 8.09. The predicted molar refractivity (Wildman–Crippen MR) is 62.7 cm³/mol. The highest BCUT2D eigenvalue weighted by Gasteiger charge is 2.17. The van der Waals surface area contributed by atoms with Crippen LogP contribution in [-0.4, -0.2) is 35.7 Å². The third-order valence-corrected chi connectivity index (χ3v) is 1.99. The van der Waals surface area contributed by atoms with Crippen molar-refractivity contribution in [2.75, 3.05) is 6.61 Å². The normalized spacial score (nSPS) is 11.2. The molecular formula is C12H16O6. The van der Waals surface area contributed by atoms with Crippen molar-refractivity contribution in [3.8, 4) is 0 Å². The summed E-state index contributed by atoms with van der Waals surface area (Å²) in [4.78, 5) is 32.6. The lowest BCUT2D eigenvalue weighted by Gasteiger charge is -2.15. The van der Waals surface area contributed by atoms with Crippen LogP contribution >= 0.6 is 0 Å². The molecule has 1 unspecified atom stereocenters. The van der Waals surface area contributed by atoms with Gasteiger partial charge in [-0.2, -0.15) is 0 Å².